The summed E-state index contributed by atoms with van der Waals surface area (Å²) in [5.74, 6) is 0.0765. The third kappa shape index (κ3) is 4.19. The van der Waals surface area contributed by atoms with Crippen LogP contribution in [0.5, 0.6) is 5.75 Å². The molecule has 0 spiro atoms. The Morgan fingerprint density at radius 1 is 1.47 bits per heavy atom. The Bertz CT molecular complexity index is 417. The van der Waals surface area contributed by atoms with Crippen molar-refractivity contribution in [2.24, 2.45) is 0 Å². The van der Waals surface area contributed by atoms with Crippen molar-refractivity contribution in [3.8, 4) is 5.75 Å². The first-order valence-corrected chi connectivity index (χ1v) is 6.63. The average molecular weight is 256 g/mol. The maximum atomic E-state index is 11.9. The van der Waals surface area contributed by atoms with E-state index in [1.807, 2.05) is 18.2 Å². The maximum absolute atomic E-state index is 11.9. The molecule has 0 aliphatic rings. The van der Waals surface area contributed by atoms with E-state index in [1.54, 1.807) is 20.1 Å². The first-order valence-electron chi connectivity index (χ1n) is 5.25. The molecule has 5 heteroatoms. The Hall–Kier alpha value is -1.36. The van der Waals surface area contributed by atoms with E-state index in [2.05, 4.69) is 0 Å². The number of carbonyl (C=O) groups is 1. The van der Waals surface area contributed by atoms with Crippen LogP contribution in [0.15, 0.2) is 24.3 Å². The second-order valence-corrected chi connectivity index (χ2v) is 5.60. The van der Waals surface area contributed by atoms with Crippen molar-refractivity contribution in [1.82, 2.24) is 0 Å². The summed E-state index contributed by atoms with van der Waals surface area (Å²) < 4.78 is 17.1. The van der Waals surface area contributed by atoms with Crippen molar-refractivity contribution in [2.75, 3.05) is 7.11 Å². The molecule has 0 bridgehead atoms. The van der Waals surface area contributed by atoms with Crippen LogP contribution in [0.25, 0.3) is 0 Å². The summed E-state index contributed by atoms with van der Waals surface area (Å²) in [5, 5.41) is 8.28. The van der Waals surface area contributed by atoms with Gasteiger partial charge in [0.1, 0.15) is 5.75 Å². The lowest BCUT2D eigenvalue weighted by Crippen LogP contribution is -2.17. The fourth-order valence-corrected chi connectivity index (χ4v) is 2.61. The molecular weight excluding hydrogens is 240 g/mol. The van der Waals surface area contributed by atoms with Gasteiger partial charge in [0.25, 0.3) is 0 Å². The Morgan fingerprint density at radius 2 is 2.12 bits per heavy atom. The maximum Gasteiger partial charge on any atom is 0.304 e. The van der Waals surface area contributed by atoms with E-state index in [1.165, 1.54) is 0 Å². The second-order valence-electron chi connectivity index (χ2n) is 3.75. The fourth-order valence-electron chi connectivity index (χ4n) is 1.46. The molecular formula is C12H16O4S. The monoisotopic (exact) mass is 256 g/mol. The Labute approximate surface area is 103 Å². The van der Waals surface area contributed by atoms with Crippen LogP contribution < -0.4 is 4.74 Å². The highest BCUT2D eigenvalue weighted by atomic mass is 32.2. The SMILES string of the molecule is COc1ccccc1CS(=O)C(C)CC(=O)O. The van der Waals surface area contributed by atoms with Gasteiger partial charge in [-0.25, -0.2) is 0 Å². The molecule has 17 heavy (non-hydrogen) atoms. The normalized spacial score (nSPS) is 14.0. The first-order chi connectivity index (χ1) is 8.04. The molecule has 1 aromatic carbocycles. The van der Waals surface area contributed by atoms with E-state index in [-0.39, 0.29) is 11.7 Å². The largest absolute Gasteiger partial charge is 0.496 e. The van der Waals surface area contributed by atoms with Crippen molar-refractivity contribution in [3.05, 3.63) is 29.8 Å². The first kappa shape index (κ1) is 13.7. The zero-order valence-corrected chi connectivity index (χ0v) is 10.7. The van der Waals surface area contributed by atoms with E-state index in [0.29, 0.717) is 11.5 Å². The highest BCUT2D eigenvalue weighted by Crippen LogP contribution is 2.20. The zero-order valence-electron chi connectivity index (χ0n) is 9.88. The Balaban J connectivity index is 2.70. The average Bonchev–Trinajstić information content (AvgIpc) is 2.28. The molecule has 1 rings (SSSR count). The fraction of sp³-hybridized carbons (Fsp3) is 0.417. The van der Waals surface area contributed by atoms with Gasteiger partial charge >= 0.3 is 5.97 Å². The van der Waals surface area contributed by atoms with E-state index >= 15 is 0 Å². The van der Waals surface area contributed by atoms with Gasteiger partial charge in [-0.05, 0) is 6.07 Å². The highest BCUT2D eigenvalue weighted by molar-refractivity contribution is 7.84. The smallest absolute Gasteiger partial charge is 0.304 e. The van der Waals surface area contributed by atoms with E-state index in [9.17, 15) is 9.00 Å². The van der Waals surface area contributed by atoms with Gasteiger partial charge in [-0.3, -0.25) is 9.00 Å². The summed E-state index contributed by atoms with van der Waals surface area (Å²) in [6.07, 6.45) is -0.0816. The lowest BCUT2D eigenvalue weighted by atomic mass is 10.2. The van der Waals surface area contributed by atoms with E-state index < -0.39 is 16.8 Å². The molecule has 0 aliphatic heterocycles. The van der Waals surface area contributed by atoms with Crippen molar-refractivity contribution in [3.63, 3.8) is 0 Å². The summed E-state index contributed by atoms with van der Waals surface area (Å²) >= 11 is 0. The van der Waals surface area contributed by atoms with Crippen molar-refractivity contribution >= 4 is 16.8 Å². The number of aliphatic carboxylic acids is 1. The van der Waals surface area contributed by atoms with E-state index in [0.717, 1.165) is 5.56 Å². The van der Waals surface area contributed by atoms with Crippen LogP contribution in [-0.4, -0.2) is 27.6 Å². The molecule has 2 atom stereocenters. The molecule has 0 saturated carbocycles. The number of carboxylic acids is 1. The quantitative estimate of drug-likeness (QED) is 0.843. The van der Waals surface area contributed by atoms with Crippen LogP contribution in [0.3, 0.4) is 0 Å². The minimum atomic E-state index is -1.21. The molecule has 2 unspecified atom stereocenters. The zero-order chi connectivity index (χ0) is 12.8. The van der Waals surface area contributed by atoms with Gasteiger partial charge in [0.05, 0.1) is 19.3 Å². The van der Waals surface area contributed by atoms with Gasteiger partial charge in [0, 0.05) is 21.6 Å². The summed E-state index contributed by atoms with van der Waals surface area (Å²) in [6.45, 7) is 1.68. The molecule has 1 N–H and O–H groups in total. The number of hydrogen-bond donors (Lipinski definition) is 1. The lowest BCUT2D eigenvalue weighted by molar-refractivity contribution is -0.136. The number of para-hydroxylation sites is 1. The molecule has 4 nitrogen and oxygen atoms in total. The van der Waals surface area contributed by atoms with Crippen LogP contribution >= 0.6 is 0 Å². The number of carboxylic acid groups (broad SMARTS) is 1. The van der Waals surface area contributed by atoms with Gasteiger partial charge < -0.3 is 9.84 Å². The topological polar surface area (TPSA) is 63.6 Å². The van der Waals surface area contributed by atoms with Crippen LogP contribution in [-0.2, 0) is 21.3 Å². The lowest BCUT2D eigenvalue weighted by Gasteiger charge is -2.11. The standard InChI is InChI=1S/C12H16O4S/c1-9(7-12(13)14)17(15)8-10-5-3-4-6-11(10)16-2/h3-6,9H,7-8H2,1-2H3,(H,13,14). The molecule has 1 aromatic rings. The molecule has 94 valence electrons. The van der Waals surface area contributed by atoms with Crippen molar-refractivity contribution in [1.29, 1.82) is 0 Å². The minimum absolute atomic E-state index is 0.0816. The molecule has 0 fully saturated rings. The molecule has 0 heterocycles. The predicted octanol–water partition coefficient (Wildman–Crippen LogP) is 1.81. The summed E-state index contributed by atoms with van der Waals surface area (Å²) in [6, 6.07) is 7.32. The van der Waals surface area contributed by atoms with Crippen LogP contribution in [0.4, 0.5) is 0 Å². The van der Waals surface area contributed by atoms with Gasteiger partial charge in [-0.1, -0.05) is 25.1 Å². The van der Waals surface area contributed by atoms with Crippen molar-refractivity contribution in [2.45, 2.75) is 24.3 Å². The molecule has 0 radical (unpaired) electrons. The van der Waals surface area contributed by atoms with Gasteiger partial charge in [0.2, 0.25) is 0 Å². The highest BCUT2D eigenvalue weighted by Gasteiger charge is 2.16. The molecule has 0 aromatic heterocycles. The summed E-state index contributed by atoms with van der Waals surface area (Å²) in [4.78, 5) is 10.5. The van der Waals surface area contributed by atoms with E-state index in [4.69, 9.17) is 9.84 Å². The molecule has 0 amide bonds. The van der Waals surface area contributed by atoms with Crippen molar-refractivity contribution < 1.29 is 18.8 Å². The minimum Gasteiger partial charge on any atom is -0.496 e. The third-order valence-electron chi connectivity index (χ3n) is 2.40. The van der Waals surface area contributed by atoms with Gasteiger partial charge in [-0.15, -0.1) is 0 Å². The van der Waals surface area contributed by atoms with Crippen LogP contribution in [0.1, 0.15) is 18.9 Å². The van der Waals surface area contributed by atoms with Crippen LogP contribution in [0, 0.1) is 0 Å². The number of methoxy groups -OCH3 is 1. The Kier molecular flexibility index (Phi) is 5.15. The van der Waals surface area contributed by atoms with Gasteiger partial charge in [-0.2, -0.15) is 0 Å². The number of hydrogen-bond acceptors (Lipinski definition) is 3. The summed E-state index contributed by atoms with van der Waals surface area (Å²) in [5.41, 5.74) is 0.838. The third-order valence-corrected chi connectivity index (χ3v) is 4.06. The number of rotatable bonds is 6. The Morgan fingerprint density at radius 3 is 2.71 bits per heavy atom. The molecule has 0 saturated heterocycles. The van der Waals surface area contributed by atoms with Gasteiger partial charge in [0.15, 0.2) is 0 Å². The summed E-state index contributed by atoms with van der Waals surface area (Å²) in [7, 11) is 0.349. The predicted molar refractivity (Wildman–Crippen MR) is 66.6 cm³/mol. The molecule has 0 aliphatic carbocycles. The number of ether oxygens (including phenoxy) is 1. The number of benzene rings is 1. The second kappa shape index (κ2) is 6.39. The van der Waals surface area contributed by atoms with Crippen LogP contribution in [0.2, 0.25) is 0 Å².